The third-order valence-electron chi connectivity index (χ3n) is 5.13. The zero-order valence-corrected chi connectivity index (χ0v) is 16.3. The summed E-state index contributed by atoms with van der Waals surface area (Å²) in [7, 11) is 0. The number of amides is 1. The fraction of sp³-hybridized carbons (Fsp3) is 0.261. The number of H-pyrrole nitrogens is 1. The SMILES string of the molecule is Cc1[nH]c2ccccc2c1C(=O)C(C)OC(=O)c1ccc(NC(=O)C2CC2)cc1. The molecular formula is C23H22N2O4. The molecule has 0 spiro atoms. The average molecular weight is 390 g/mol. The van der Waals surface area contributed by atoms with Gasteiger partial charge >= 0.3 is 5.97 Å². The summed E-state index contributed by atoms with van der Waals surface area (Å²) in [5, 5.41) is 3.64. The van der Waals surface area contributed by atoms with E-state index in [9.17, 15) is 14.4 Å². The summed E-state index contributed by atoms with van der Waals surface area (Å²) in [4.78, 5) is 40.4. The van der Waals surface area contributed by atoms with Crippen molar-refractivity contribution in [2.75, 3.05) is 5.32 Å². The summed E-state index contributed by atoms with van der Waals surface area (Å²) >= 11 is 0. The summed E-state index contributed by atoms with van der Waals surface area (Å²) in [6.07, 6.45) is 0.936. The molecule has 1 unspecified atom stereocenters. The maximum atomic E-state index is 12.9. The monoisotopic (exact) mass is 390 g/mol. The molecule has 148 valence electrons. The maximum absolute atomic E-state index is 12.9. The van der Waals surface area contributed by atoms with Crippen molar-refractivity contribution < 1.29 is 19.1 Å². The Labute approximate surface area is 168 Å². The van der Waals surface area contributed by atoms with Crippen LogP contribution in [0.4, 0.5) is 5.69 Å². The number of rotatable bonds is 6. The Morgan fingerprint density at radius 1 is 1.07 bits per heavy atom. The molecule has 6 nitrogen and oxygen atoms in total. The van der Waals surface area contributed by atoms with Gasteiger partial charge in [0.25, 0.3) is 0 Å². The Hall–Kier alpha value is -3.41. The van der Waals surface area contributed by atoms with Crippen LogP contribution in [-0.4, -0.2) is 28.7 Å². The van der Waals surface area contributed by atoms with Crippen molar-refractivity contribution in [3.05, 3.63) is 65.4 Å². The van der Waals surface area contributed by atoms with E-state index in [0.29, 0.717) is 16.8 Å². The first-order valence-electron chi connectivity index (χ1n) is 9.67. The van der Waals surface area contributed by atoms with Crippen molar-refractivity contribution >= 4 is 34.3 Å². The Morgan fingerprint density at radius 3 is 2.45 bits per heavy atom. The number of hydrogen-bond donors (Lipinski definition) is 2. The van der Waals surface area contributed by atoms with Gasteiger partial charge in [-0.3, -0.25) is 9.59 Å². The first-order chi connectivity index (χ1) is 13.9. The van der Waals surface area contributed by atoms with Crippen LogP contribution in [0.5, 0.6) is 0 Å². The van der Waals surface area contributed by atoms with E-state index in [4.69, 9.17) is 4.74 Å². The molecule has 0 aliphatic heterocycles. The van der Waals surface area contributed by atoms with E-state index in [1.54, 1.807) is 31.2 Å². The molecule has 0 bridgehead atoms. The summed E-state index contributed by atoms with van der Waals surface area (Å²) in [6, 6.07) is 14.0. The third kappa shape index (κ3) is 3.92. The number of anilines is 1. The molecule has 2 N–H and O–H groups in total. The van der Waals surface area contributed by atoms with E-state index in [1.807, 2.05) is 31.2 Å². The number of fused-ring (bicyclic) bond motifs is 1. The van der Waals surface area contributed by atoms with Gasteiger partial charge < -0.3 is 15.0 Å². The lowest BCUT2D eigenvalue weighted by molar-refractivity contribution is -0.117. The molecule has 1 atom stereocenters. The summed E-state index contributed by atoms with van der Waals surface area (Å²) in [5.41, 5.74) is 3.12. The van der Waals surface area contributed by atoms with Gasteiger partial charge in [-0.15, -0.1) is 0 Å². The van der Waals surface area contributed by atoms with Crippen LogP contribution in [0, 0.1) is 12.8 Å². The maximum Gasteiger partial charge on any atom is 0.338 e. The van der Waals surface area contributed by atoms with Crippen LogP contribution in [0.15, 0.2) is 48.5 Å². The van der Waals surface area contributed by atoms with E-state index in [1.165, 1.54) is 0 Å². The van der Waals surface area contributed by atoms with Crippen LogP contribution < -0.4 is 5.32 Å². The lowest BCUT2D eigenvalue weighted by Crippen LogP contribution is -2.25. The number of esters is 1. The number of carbonyl (C=O) groups is 3. The predicted molar refractivity (Wildman–Crippen MR) is 110 cm³/mol. The number of Topliss-reactive ketones (excluding diaryl/α,β-unsaturated/α-hetero) is 1. The molecule has 0 radical (unpaired) electrons. The molecule has 3 aromatic rings. The number of para-hydroxylation sites is 1. The number of carbonyl (C=O) groups excluding carboxylic acids is 3. The summed E-state index contributed by atoms with van der Waals surface area (Å²) in [6.45, 7) is 3.40. The normalized spacial score (nSPS) is 14.4. The van der Waals surface area contributed by atoms with Gasteiger partial charge in [0.15, 0.2) is 6.10 Å². The van der Waals surface area contributed by atoms with Crippen molar-refractivity contribution in [1.82, 2.24) is 4.98 Å². The molecule has 1 fully saturated rings. The standard InChI is InChI=1S/C23H22N2O4/c1-13-20(18-5-3-4-6-19(18)24-13)21(26)14(2)29-23(28)16-9-11-17(12-10-16)25-22(27)15-7-8-15/h3-6,9-12,14-15,24H,7-8H2,1-2H3,(H,25,27). The molecule has 2 aromatic carbocycles. The highest BCUT2D eigenvalue weighted by atomic mass is 16.5. The van der Waals surface area contributed by atoms with Crippen molar-refractivity contribution in [2.45, 2.75) is 32.8 Å². The van der Waals surface area contributed by atoms with E-state index < -0.39 is 12.1 Å². The second kappa shape index (κ2) is 7.54. The van der Waals surface area contributed by atoms with Gasteiger partial charge in [0.1, 0.15) is 0 Å². The van der Waals surface area contributed by atoms with Gasteiger partial charge in [0.05, 0.1) is 5.56 Å². The van der Waals surface area contributed by atoms with E-state index in [-0.39, 0.29) is 17.6 Å². The number of nitrogens with one attached hydrogen (secondary N) is 2. The molecule has 29 heavy (non-hydrogen) atoms. The van der Waals surface area contributed by atoms with E-state index >= 15 is 0 Å². The van der Waals surface area contributed by atoms with Crippen molar-refractivity contribution in [1.29, 1.82) is 0 Å². The molecule has 1 heterocycles. The van der Waals surface area contributed by atoms with Gasteiger partial charge in [0, 0.05) is 33.8 Å². The zero-order chi connectivity index (χ0) is 20.5. The summed E-state index contributed by atoms with van der Waals surface area (Å²) < 4.78 is 5.41. The molecule has 6 heteroatoms. The van der Waals surface area contributed by atoms with Crippen LogP contribution in [0.3, 0.4) is 0 Å². The van der Waals surface area contributed by atoms with Crippen LogP contribution >= 0.6 is 0 Å². The van der Waals surface area contributed by atoms with Crippen molar-refractivity contribution in [2.24, 2.45) is 5.92 Å². The largest absolute Gasteiger partial charge is 0.451 e. The Balaban J connectivity index is 1.44. The quantitative estimate of drug-likeness (QED) is 0.486. The van der Waals surface area contributed by atoms with Gasteiger partial charge in [-0.25, -0.2) is 4.79 Å². The first kappa shape index (κ1) is 18.9. The molecule has 1 aromatic heterocycles. The van der Waals surface area contributed by atoms with E-state index in [0.717, 1.165) is 29.4 Å². The van der Waals surface area contributed by atoms with Crippen LogP contribution in [0.25, 0.3) is 10.9 Å². The highest BCUT2D eigenvalue weighted by molar-refractivity contribution is 6.11. The first-order valence-corrected chi connectivity index (χ1v) is 9.67. The topological polar surface area (TPSA) is 88.3 Å². The predicted octanol–water partition coefficient (Wildman–Crippen LogP) is 4.25. The fourth-order valence-electron chi connectivity index (χ4n) is 3.36. The fourth-order valence-corrected chi connectivity index (χ4v) is 3.36. The summed E-state index contributed by atoms with van der Waals surface area (Å²) in [5.74, 6) is -0.710. The molecule has 0 saturated heterocycles. The molecule has 1 amide bonds. The number of ketones is 1. The molecular weight excluding hydrogens is 368 g/mol. The lowest BCUT2D eigenvalue weighted by Gasteiger charge is -2.13. The molecule has 1 aliphatic rings. The van der Waals surface area contributed by atoms with E-state index in [2.05, 4.69) is 10.3 Å². The molecule has 1 aliphatic carbocycles. The number of ether oxygens (including phenoxy) is 1. The number of aromatic nitrogens is 1. The Morgan fingerprint density at radius 2 is 1.76 bits per heavy atom. The Bertz CT molecular complexity index is 1090. The van der Waals surface area contributed by atoms with Crippen molar-refractivity contribution in [3.8, 4) is 0 Å². The highest BCUT2D eigenvalue weighted by Gasteiger charge is 2.29. The molecule has 4 rings (SSSR count). The number of aryl methyl sites for hydroxylation is 1. The minimum atomic E-state index is -0.922. The van der Waals surface area contributed by atoms with Gasteiger partial charge in [-0.05, 0) is 57.0 Å². The number of hydrogen-bond acceptors (Lipinski definition) is 4. The average Bonchev–Trinajstić information content (AvgIpc) is 3.50. The van der Waals surface area contributed by atoms with Gasteiger partial charge in [-0.2, -0.15) is 0 Å². The van der Waals surface area contributed by atoms with Gasteiger partial charge in [-0.1, -0.05) is 18.2 Å². The zero-order valence-electron chi connectivity index (χ0n) is 16.3. The minimum absolute atomic E-state index is 0.00800. The Kier molecular flexibility index (Phi) is 4.92. The second-order valence-electron chi connectivity index (χ2n) is 7.42. The second-order valence-corrected chi connectivity index (χ2v) is 7.42. The van der Waals surface area contributed by atoms with Crippen molar-refractivity contribution in [3.63, 3.8) is 0 Å². The molecule has 1 saturated carbocycles. The van der Waals surface area contributed by atoms with Gasteiger partial charge in [0.2, 0.25) is 11.7 Å². The number of benzene rings is 2. The smallest absolute Gasteiger partial charge is 0.338 e. The third-order valence-corrected chi connectivity index (χ3v) is 5.13. The van der Waals surface area contributed by atoms with Crippen LogP contribution in [0.2, 0.25) is 0 Å². The van der Waals surface area contributed by atoms with Crippen LogP contribution in [-0.2, 0) is 9.53 Å². The highest BCUT2D eigenvalue weighted by Crippen LogP contribution is 2.30. The lowest BCUT2D eigenvalue weighted by atomic mass is 10.0. The minimum Gasteiger partial charge on any atom is -0.451 e. The number of aromatic amines is 1. The van der Waals surface area contributed by atoms with Crippen LogP contribution in [0.1, 0.15) is 46.2 Å².